The minimum Gasteiger partial charge on any atom is -0.497 e. The van der Waals surface area contributed by atoms with Crippen molar-refractivity contribution in [2.75, 3.05) is 7.11 Å². The molecule has 0 aliphatic rings. The van der Waals surface area contributed by atoms with Crippen LogP contribution in [0.4, 0.5) is 0 Å². The summed E-state index contributed by atoms with van der Waals surface area (Å²) < 4.78 is 5.28. The first-order valence-electron chi connectivity index (χ1n) is 7.00. The topological polar surface area (TPSA) is 34.1 Å². The van der Waals surface area contributed by atoms with Gasteiger partial charge in [0.1, 0.15) is 10.8 Å². The van der Waals surface area contributed by atoms with Crippen LogP contribution in [0.15, 0.2) is 24.3 Å². The number of aryl methyl sites for hydroxylation is 1. The zero-order valence-electron chi connectivity index (χ0n) is 12.6. The fourth-order valence-electron chi connectivity index (χ4n) is 1.97. The largest absolute Gasteiger partial charge is 0.497 e. The lowest BCUT2D eigenvalue weighted by atomic mass is 10.2. The van der Waals surface area contributed by atoms with E-state index in [1.54, 1.807) is 18.4 Å². The number of thiazole rings is 1. The van der Waals surface area contributed by atoms with Gasteiger partial charge in [-0.15, -0.1) is 11.3 Å². The van der Waals surface area contributed by atoms with Crippen molar-refractivity contribution < 1.29 is 4.74 Å². The highest BCUT2D eigenvalue weighted by Crippen LogP contribution is 2.30. The highest BCUT2D eigenvalue weighted by Gasteiger charge is 2.12. The van der Waals surface area contributed by atoms with Gasteiger partial charge in [0.05, 0.1) is 12.8 Å². The van der Waals surface area contributed by atoms with Crippen molar-refractivity contribution in [1.82, 2.24) is 10.3 Å². The molecule has 0 radical (unpaired) electrons. The van der Waals surface area contributed by atoms with E-state index in [9.17, 15) is 0 Å². The molecule has 0 atom stereocenters. The van der Waals surface area contributed by atoms with Gasteiger partial charge in [0.25, 0.3) is 0 Å². The number of aromatic nitrogens is 1. The standard InChI is InChI=1S/C16H22N2OS/c1-5-14-15(10-17-11(2)3)20-16(18-14)12-7-6-8-13(9-12)19-4/h6-9,11,17H,5,10H2,1-4H3. The molecule has 0 aliphatic heterocycles. The van der Waals surface area contributed by atoms with E-state index in [0.29, 0.717) is 6.04 Å². The Hall–Kier alpha value is -1.39. The monoisotopic (exact) mass is 290 g/mol. The first kappa shape index (κ1) is 15.0. The van der Waals surface area contributed by atoms with Crippen molar-refractivity contribution in [3.63, 3.8) is 0 Å². The van der Waals surface area contributed by atoms with Gasteiger partial charge in [0.2, 0.25) is 0 Å². The molecule has 4 heteroatoms. The quantitative estimate of drug-likeness (QED) is 0.876. The normalized spacial score (nSPS) is 11.1. The number of hydrogen-bond acceptors (Lipinski definition) is 4. The third kappa shape index (κ3) is 3.58. The molecule has 0 saturated carbocycles. The Morgan fingerprint density at radius 1 is 1.35 bits per heavy atom. The Bertz CT molecular complexity index is 563. The Balaban J connectivity index is 2.27. The van der Waals surface area contributed by atoms with Crippen LogP contribution in [0.2, 0.25) is 0 Å². The van der Waals surface area contributed by atoms with Gasteiger partial charge < -0.3 is 10.1 Å². The van der Waals surface area contributed by atoms with E-state index in [1.165, 1.54) is 10.6 Å². The molecule has 2 aromatic rings. The third-order valence-corrected chi connectivity index (χ3v) is 4.25. The summed E-state index contributed by atoms with van der Waals surface area (Å²) in [6, 6.07) is 8.58. The number of nitrogens with zero attached hydrogens (tertiary/aromatic N) is 1. The molecule has 0 unspecified atom stereocenters. The Morgan fingerprint density at radius 3 is 2.80 bits per heavy atom. The van der Waals surface area contributed by atoms with E-state index in [4.69, 9.17) is 9.72 Å². The van der Waals surface area contributed by atoms with E-state index < -0.39 is 0 Å². The fourth-order valence-corrected chi connectivity index (χ4v) is 3.07. The van der Waals surface area contributed by atoms with Crippen LogP contribution in [-0.2, 0) is 13.0 Å². The summed E-state index contributed by atoms with van der Waals surface area (Å²) in [5, 5.41) is 4.54. The van der Waals surface area contributed by atoms with Gasteiger partial charge in [-0.3, -0.25) is 0 Å². The van der Waals surface area contributed by atoms with Crippen LogP contribution in [0.1, 0.15) is 31.3 Å². The summed E-state index contributed by atoms with van der Waals surface area (Å²) in [7, 11) is 1.69. The number of nitrogens with one attached hydrogen (secondary N) is 1. The summed E-state index contributed by atoms with van der Waals surface area (Å²) in [6.07, 6.45) is 0.968. The van der Waals surface area contributed by atoms with Crippen molar-refractivity contribution in [2.45, 2.75) is 39.8 Å². The lowest BCUT2D eigenvalue weighted by Crippen LogP contribution is -2.21. The van der Waals surface area contributed by atoms with Crippen molar-refractivity contribution in [1.29, 1.82) is 0 Å². The van der Waals surface area contributed by atoms with Crippen LogP contribution in [0.3, 0.4) is 0 Å². The van der Waals surface area contributed by atoms with Crippen LogP contribution < -0.4 is 10.1 Å². The molecule has 3 nitrogen and oxygen atoms in total. The summed E-state index contributed by atoms with van der Waals surface area (Å²) in [5.74, 6) is 0.873. The maximum atomic E-state index is 5.28. The van der Waals surface area contributed by atoms with Crippen molar-refractivity contribution in [2.24, 2.45) is 0 Å². The molecule has 0 aliphatic carbocycles. The van der Waals surface area contributed by atoms with E-state index in [1.807, 2.05) is 18.2 Å². The molecule has 1 aromatic heterocycles. The minimum atomic E-state index is 0.488. The van der Waals surface area contributed by atoms with Gasteiger partial charge in [-0.1, -0.05) is 32.9 Å². The second-order valence-electron chi connectivity index (χ2n) is 5.01. The minimum absolute atomic E-state index is 0.488. The summed E-state index contributed by atoms with van der Waals surface area (Å²) in [4.78, 5) is 6.11. The molecule has 1 N–H and O–H groups in total. The summed E-state index contributed by atoms with van der Waals surface area (Å²) in [5.41, 5.74) is 2.32. The second-order valence-corrected chi connectivity index (χ2v) is 6.09. The van der Waals surface area contributed by atoms with E-state index in [-0.39, 0.29) is 0 Å². The molecule has 0 saturated heterocycles. The van der Waals surface area contributed by atoms with Crippen LogP contribution in [0.25, 0.3) is 10.6 Å². The zero-order chi connectivity index (χ0) is 14.5. The van der Waals surface area contributed by atoms with Crippen LogP contribution in [0, 0.1) is 0 Å². The zero-order valence-corrected chi connectivity index (χ0v) is 13.4. The van der Waals surface area contributed by atoms with Crippen LogP contribution in [0.5, 0.6) is 5.75 Å². The predicted molar refractivity (Wildman–Crippen MR) is 85.5 cm³/mol. The number of ether oxygens (including phenoxy) is 1. The van der Waals surface area contributed by atoms with Crippen molar-refractivity contribution >= 4 is 11.3 Å². The molecule has 2 rings (SSSR count). The van der Waals surface area contributed by atoms with E-state index in [2.05, 4.69) is 32.2 Å². The molecule has 1 heterocycles. The van der Waals surface area contributed by atoms with E-state index in [0.717, 1.165) is 29.3 Å². The Morgan fingerprint density at radius 2 is 2.15 bits per heavy atom. The first-order valence-corrected chi connectivity index (χ1v) is 7.82. The smallest absolute Gasteiger partial charge is 0.124 e. The van der Waals surface area contributed by atoms with Gasteiger partial charge in [-0.05, 0) is 18.6 Å². The first-order chi connectivity index (χ1) is 9.63. The molecule has 108 valence electrons. The average molecular weight is 290 g/mol. The molecule has 0 amide bonds. The van der Waals surface area contributed by atoms with E-state index >= 15 is 0 Å². The third-order valence-electron chi connectivity index (χ3n) is 3.10. The van der Waals surface area contributed by atoms with Gasteiger partial charge in [-0.25, -0.2) is 4.98 Å². The molecule has 1 aromatic carbocycles. The number of benzene rings is 1. The summed E-state index contributed by atoms with van der Waals surface area (Å²) in [6.45, 7) is 7.37. The van der Waals surface area contributed by atoms with Crippen LogP contribution in [-0.4, -0.2) is 18.1 Å². The predicted octanol–water partition coefficient (Wildman–Crippen LogP) is 3.88. The summed E-state index contributed by atoms with van der Waals surface area (Å²) >= 11 is 1.77. The van der Waals surface area contributed by atoms with Gasteiger partial charge in [0, 0.05) is 23.0 Å². The number of hydrogen-bond donors (Lipinski definition) is 1. The lowest BCUT2D eigenvalue weighted by molar-refractivity contribution is 0.415. The lowest BCUT2D eigenvalue weighted by Gasteiger charge is -2.06. The van der Waals surface area contributed by atoms with Gasteiger partial charge in [0.15, 0.2) is 0 Å². The molecule has 0 fully saturated rings. The molecule has 0 bridgehead atoms. The molecular formula is C16H22N2OS. The maximum Gasteiger partial charge on any atom is 0.124 e. The Labute approximate surface area is 125 Å². The van der Waals surface area contributed by atoms with Gasteiger partial charge >= 0.3 is 0 Å². The van der Waals surface area contributed by atoms with Gasteiger partial charge in [-0.2, -0.15) is 0 Å². The number of rotatable bonds is 6. The number of methoxy groups -OCH3 is 1. The fraction of sp³-hybridized carbons (Fsp3) is 0.438. The Kier molecular flexibility index (Phi) is 5.15. The average Bonchev–Trinajstić information content (AvgIpc) is 2.88. The molecule has 0 spiro atoms. The second kappa shape index (κ2) is 6.86. The SMILES string of the molecule is CCc1nc(-c2cccc(OC)c2)sc1CNC(C)C. The highest BCUT2D eigenvalue weighted by molar-refractivity contribution is 7.15. The molecular weight excluding hydrogens is 268 g/mol. The van der Waals surface area contributed by atoms with Crippen molar-refractivity contribution in [3.8, 4) is 16.3 Å². The maximum absolute atomic E-state index is 5.28. The van der Waals surface area contributed by atoms with Crippen molar-refractivity contribution in [3.05, 3.63) is 34.8 Å². The van der Waals surface area contributed by atoms with Crippen LogP contribution >= 0.6 is 11.3 Å². The molecule has 20 heavy (non-hydrogen) atoms. The highest BCUT2D eigenvalue weighted by atomic mass is 32.1.